The number of nitrogens with one attached hydrogen (secondary N) is 1. The van der Waals surface area contributed by atoms with Gasteiger partial charge in [0.15, 0.2) is 6.04 Å². The number of primary amides is 1. The fraction of sp³-hybridized carbons (Fsp3) is 0.727. The molecule has 2 atom stereocenters. The van der Waals surface area contributed by atoms with E-state index in [9.17, 15) is 14.4 Å². The molecule has 7 heteroatoms. The van der Waals surface area contributed by atoms with Crippen molar-refractivity contribution in [3.05, 3.63) is 0 Å². The van der Waals surface area contributed by atoms with Gasteiger partial charge in [-0.25, -0.2) is 4.79 Å². The third-order valence-electron chi connectivity index (χ3n) is 2.42. The predicted molar refractivity (Wildman–Crippen MR) is 64.1 cm³/mol. The van der Waals surface area contributed by atoms with E-state index in [4.69, 9.17) is 10.8 Å². The Balaban J connectivity index is 4.35. The molecule has 104 valence electrons. The minimum Gasteiger partial charge on any atom is -0.480 e. The summed E-state index contributed by atoms with van der Waals surface area (Å²) < 4.78 is 0. The largest absolute Gasteiger partial charge is 0.480 e. The molecular formula is C11H22N3O4+. The van der Waals surface area contributed by atoms with Crippen LogP contribution < -0.4 is 16.8 Å². The summed E-state index contributed by atoms with van der Waals surface area (Å²) in [7, 11) is 0. The summed E-state index contributed by atoms with van der Waals surface area (Å²) in [6.07, 6.45) is 0.488. The molecule has 0 saturated heterocycles. The van der Waals surface area contributed by atoms with Crippen molar-refractivity contribution in [2.75, 3.05) is 0 Å². The molecule has 0 aromatic rings. The van der Waals surface area contributed by atoms with Crippen LogP contribution in [0.2, 0.25) is 0 Å². The van der Waals surface area contributed by atoms with Crippen LogP contribution in [0.15, 0.2) is 0 Å². The Hall–Kier alpha value is -1.63. The van der Waals surface area contributed by atoms with E-state index < -0.39 is 29.9 Å². The highest BCUT2D eigenvalue weighted by molar-refractivity contribution is 5.86. The lowest BCUT2D eigenvalue weighted by atomic mass is 10.0. The van der Waals surface area contributed by atoms with Crippen LogP contribution in [0.4, 0.5) is 0 Å². The second-order valence-electron chi connectivity index (χ2n) is 4.73. The minimum absolute atomic E-state index is 0.00912. The van der Waals surface area contributed by atoms with Gasteiger partial charge in [-0.05, 0) is 12.3 Å². The number of hydrogen-bond donors (Lipinski definition) is 4. The second-order valence-corrected chi connectivity index (χ2v) is 4.73. The summed E-state index contributed by atoms with van der Waals surface area (Å²) in [4.78, 5) is 33.2. The van der Waals surface area contributed by atoms with Gasteiger partial charge in [0, 0.05) is 12.8 Å². The third-order valence-corrected chi connectivity index (χ3v) is 2.42. The van der Waals surface area contributed by atoms with E-state index >= 15 is 0 Å². The number of rotatable bonds is 8. The van der Waals surface area contributed by atoms with E-state index in [-0.39, 0.29) is 12.8 Å². The van der Waals surface area contributed by atoms with Gasteiger partial charge >= 0.3 is 5.97 Å². The maximum atomic E-state index is 11.7. The highest BCUT2D eigenvalue weighted by atomic mass is 16.4. The number of hydrogen-bond acceptors (Lipinski definition) is 3. The van der Waals surface area contributed by atoms with Crippen LogP contribution in [0.5, 0.6) is 0 Å². The summed E-state index contributed by atoms with van der Waals surface area (Å²) in [5.41, 5.74) is 8.63. The zero-order valence-electron chi connectivity index (χ0n) is 10.8. The summed E-state index contributed by atoms with van der Waals surface area (Å²) in [5, 5.41) is 11.3. The molecule has 18 heavy (non-hydrogen) atoms. The van der Waals surface area contributed by atoms with Crippen molar-refractivity contribution >= 4 is 17.8 Å². The Kier molecular flexibility index (Phi) is 6.96. The van der Waals surface area contributed by atoms with Crippen LogP contribution in [0, 0.1) is 5.92 Å². The van der Waals surface area contributed by atoms with Gasteiger partial charge in [-0.3, -0.25) is 9.59 Å². The van der Waals surface area contributed by atoms with Gasteiger partial charge in [0.05, 0.1) is 0 Å². The quantitative estimate of drug-likeness (QED) is 0.421. The van der Waals surface area contributed by atoms with Crippen LogP contribution in [0.3, 0.4) is 0 Å². The third kappa shape index (κ3) is 6.85. The van der Waals surface area contributed by atoms with Gasteiger partial charge in [-0.15, -0.1) is 0 Å². The lowest BCUT2D eigenvalue weighted by Crippen LogP contribution is -2.68. The van der Waals surface area contributed by atoms with Gasteiger partial charge in [0.2, 0.25) is 5.91 Å². The van der Waals surface area contributed by atoms with E-state index in [1.54, 1.807) is 0 Å². The molecule has 0 bridgehead atoms. The molecule has 0 fully saturated rings. The number of carbonyl (C=O) groups excluding carboxylic acids is 2. The molecule has 0 rings (SSSR count). The van der Waals surface area contributed by atoms with Crippen molar-refractivity contribution in [2.24, 2.45) is 11.7 Å². The number of amides is 2. The van der Waals surface area contributed by atoms with Crippen LogP contribution in [-0.4, -0.2) is 35.0 Å². The van der Waals surface area contributed by atoms with Crippen LogP contribution in [-0.2, 0) is 14.4 Å². The first-order valence-corrected chi connectivity index (χ1v) is 5.88. The van der Waals surface area contributed by atoms with E-state index in [1.165, 1.54) is 0 Å². The number of carboxylic acids is 1. The van der Waals surface area contributed by atoms with Crippen molar-refractivity contribution in [3.8, 4) is 0 Å². The highest BCUT2D eigenvalue weighted by Gasteiger charge is 2.25. The number of quaternary nitrogens is 1. The first kappa shape index (κ1) is 16.4. The minimum atomic E-state index is -1.18. The smallest absolute Gasteiger partial charge is 0.326 e. The summed E-state index contributed by atoms with van der Waals surface area (Å²) in [6.45, 7) is 3.90. The highest BCUT2D eigenvalue weighted by Crippen LogP contribution is 2.03. The molecule has 0 aliphatic heterocycles. The number of carbonyl (C=O) groups is 3. The molecule has 0 spiro atoms. The Morgan fingerprint density at radius 1 is 1.33 bits per heavy atom. The summed E-state index contributed by atoms with van der Waals surface area (Å²) >= 11 is 0. The summed E-state index contributed by atoms with van der Waals surface area (Å²) in [6, 6.07) is -1.60. The maximum absolute atomic E-state index is 11.7. The van der Waals surface area contributed by atoms with Crippen molar-refractivity contribution in [1.82, 2.24) is 5.32 Å². The molecule has 0 aliphatic carbocycles. The van der Waals surface area contributed by atoms with Gasteiger partial charge in [0.25, 0.3) is 5.91 Å². The molecule has 0 aromatic heterocycles. The SMILES string of the molecule is CC(C)CC([NH3+])C(=O)NC(CCC(N)=O)C(=O)O. The Morgan fingerprint density at radius 2 is 1.89 bits per heavy atom. The van der Waals surface area contributed by atoms with E-state index in [2.05, 4.69) is 11.1 Å². The predicted octanol–water partition coefficient (Wildman–Crippen LogP) is -1.52. The fourth-order valence-electron chi connectivity index (χ4n) is 1.51. The van der Waals surface area contributed by atoms with Gasteiger partial charge in [0.1, 0.15) is 6.04 Å². The Bertz CT molecular complexity index is 317. The van der Waals surface area contributed by atoms with E-state index in [0.717, 1.165) is 0 Å². The Morgan fingerprint density at radius 3 is 2.28 bits per heavy atom. The molecule has 2 amide bonds. The lowest BCUT2D eigenvalue weighted by Gasteiger charge is -2.16. The maximum Gasteiger partial charge on any atom is 0.326 e. The first-order chi connectivity index (χ1) is 8.23. The molecular weight excluding hydrogens is 238 g/mol. The van der Waals surface area contributed by atoms with Crippen LogP contribution in [0.25, 0.3) is 0 Å². The molecule has 7 N–H and O–H groups in total. The van der Waals surface area contributed by atoms with Gasteiger partial charge in [-0.2, -0.15) is 0 Å². The molecule has 0 aliphatic rings. The van der Waals surface area contributed by atoms with Crippen molar-refractivity contribution < 1.29 is 25.2 Å². The van der Waals surface area contributed by atoms with Crippen molar-refractivity contribution in [2.45, 2.75) is 45.2 Å². The second kappa shape index (κ2) is 7.65. The average Bonchev–Trinajstić information content (AvgIpc) is 2.21. The standard InChI is InChI=1S/C11H21N3O4/c1-6(2)5-7(12)10(16)14-8(11(17)18)3-4-9(13)15/h6-8H,3-5,12H2,1-2H3,(H2,13,15)(H,14,16)(H,17,18)/p+1. The molecule has 0 heterocycles. The molecule has 2 unspecified atom stereocenters. The summed E-state index contributed by atoms with van der Waals surface area (Å²) in [5.74, 6) is -1.89. The molecule has 0 radical (unpaired) electrons. The molecule has 0 saturated carbocycles. The van der Waals surface area contributed by atoms with Gasteiger partial charge < -0.3 is 21.9 Å². The zero-order chi connectivity index (χ0) is 14.3. The molecule has 0 aromatic carbocycles. The van der Waals surface area contributed by atoms with Crippen LogP contribution >= 0.6 is 0 Å². The topological polar surface area (TPSA) is 137 Å². The average molecular weight is 260 g/mol. The van der Waals surface area contributed by atoms with E-state index in [0.29, 0.717) is 12.3 Å². The van der Waals surface area contributed by atoms with Crippen molar-refractivity contribution in [1.29, 1.82) is 0 Å². The number of carboxylic acid groups (broad SMARTS) is 1. The van der Waals surface area contributed by atoms with Crippen molar-refractivity contribution in [3.63, 3.8) is 0 Å². The fourth-order valence-corrected chi connectivity index (χ4v) is 1.51. The normalized spacial score (nSPS) is 14.0. The number of nitrogens with two attached hydrogens (primary N) is 1. The van der Waals surface area contributed by atoms with E-state index in [1.807, 2.05) is 13.8 Å². The Labute approximate surface area is 106 Å². The molecule has 7 nitrogen and oxygen atoms in total. The first-order valence-electron chi connectivity index (χ1n) is 5.88. The number of aliphatic carboxylic acids is 1. The lowest BCUT2D eigenvalue weighted by molar-refractivity contribution is -0.406. The van der Waals surface area contributed by atoms with Crippen LogP contribution in [0.1, 0.15) is 33.1 Å². The zero-order valence-corrected chi connectivity index (χ0v) is 10.8. The monoisotopic (exact) mass is 260 g/mol. The van der Waals surface area contributed by atoms with Gasteiger partial charge in [-0.1, -0.05) is 13.8 Å².